The average molecular weight is 263 g/mol. The standard InChI is InChI=1S/C17H29NO/c1-14(2)15-8-7-11-17(19,12-15)16(13-18)9-5-3-4-6-10-16/h14-15,19H,3-12H2,1-2H3. The van der Waals surface area contributed by atoms with Gasteiger partial charge in [-0.1, -0.05) is 46.0 Å². The Morgan fingerprint density at radius 3 is 2.21 bits per heavy atom. The number of hydrogen-bond acceptors (Lipinski definition) is 2. The molecule has 0 aliphatic heterocycles. The molecule has 2 heteroatoms. The minimum Gasteiger partial charge on any atom is -0.388 e. The molecule has 108 valence electrons. The van der Waals surface area contributed by atoms with Gasteiger partial charge in [0.2, 0.25) is 0 Å². The topological polar surface area (TPSA) is 44.0 Å². The fraction of sp³-hybridized carbons (Fsp3) is 0.941. The van der Waals surface area contributed by atoms with Crippen LogP contribution in [0.2, 0.25) is 0 Å². The first kappa shape index (κ1) is 14.9. The Labute approximate surface area is 118 Å². The van der Waals surface area contributed by atoms with Crippen molar-refractivity contribution in [2.75, 3.05) is 0 Å². The SMILES string of the molecule is CC(C)C1CCCC(O)(C2(C#N)CCCCCC2)C1. The van der Waals surface area contributed by atoms with Gasteiger partial charge in [0.1, 0.15) is 0 Å². The van der Waals surface area contributed by atoms with Gasteiger partial charge in [-0.05, 0) is 43.9 Å². The Bertz CT molecular complexity index is 336. The summed E-state index contributed by atoms with van der Waals surface area (Å²) in [5.41, 5.74) is -1.18. The van der Waals surface area contributed by atoms with E-state index in [0.717, 1.165) is 44.9 Å². The van der Waals surface area contributed by atoms with E-state index >= 15 is 0 Å². The Kier molecular flexibility index (Phi) is 4.56. The maximum Gasteiger partial charge on any atom is 0.0860 e. The second-order valence-electron chi connectivity index (χ2n) is 7.24. The first-order valence-electron chi connectivity index (χ1n) is 8.17. The lowest BCUT2D eigenvalue weighted by Gasteiger charge is -2.48. The molecule has 19 heavy (non-hydrogen) atoms. The van der Waals surface area contributed by atoms with Gasteiger partial charge in [0.15, 0.2) is 0 Å². The molecular formula is C17H29NO. The molecular weight excluding hydrogens is 234 g/mol. The molecule has 1 N–H and O–H groups in total. The van der Waals surface area contributed by atoms with E-state index in [1.807, 2.05) is 0 Å². The molecule has 0 aromatic rings. The lowest BCUT2D eigenvalue weighted by atomic mass is 9.59. The fourth-order valence-electron chi connectivity index (χ4n) is 4.31. The van der Waals surface area contributed by atoms with Crippen molar-refractivity contribution in [1.82, 2.24) is 0 Å². The summed E-state index contributed by atoms with van der Waals surface area (Å²) in [6.45, 7) is 4.51. The van der Waals surface area contributed by atoms with Crippen molar-refractivity contribution in [2.45, 2.75) is 83.7 Å². The van der Waals surface area contributed by atoms with Gasteiger partial charge in [-0.15, -0.1) is 0 Å². The highest BCUT2D eigenvalue weighted by Crippen LogP contribution is 2.52. The molecule has 2 fully saturated rings. The quantitative estimate of drug-likeness (QED) is 0.749. The Hall–Kier alpha value is -0.550. The highest BCUT2D eigenvalue weighted by molar-refractivity contribution is 5.13. The van der Waals surface area contributed by atoms with Crippen LogP contribution >= 0.6 is 0 Å². The third kappa shape index (κ3) is 2.82. The molecule has 0 amide bonds. The largest absolute Gasteiger partial charge is 0.388 e. The van der Waals surface area contributed by atoms with Crippen LogP contribution in [0.25, 0.3) is 0 Å². The van der Waals surface area contributed by atoms with Gasteiger partial charge in [-0.2, -0.15) is 5.26 Å². The van der Waals surface area contributed by atoms with Crippen LogP contribution in [0, 0.1) is 28.6 Å². The van der Waals surface area contributed by atoms with Crippen LogP contribution in [0.4, 0.5) is 0 Å². The van der Waals surface area contributed by atoms with Crippen molar-refractivity contribution in [2.24, 2.45) is 17.3 Å². The molecule has 2 nitrogen and oxygen atoms in total. The number of nitrogens with zero attached hydrogens (tertiary/aromatic N) is 1. The second-order valence-corrected chi connectivity index (χ2v) is 7.24. The monoisotopic (exact) mass is 263 g/mol. The molecule has 0 radical (unpaired) electrons. The third-order valence-corrected chi connectivity index (χ3v) is 5.77. The Morgan fingerprint density at radius 2 is 1.68 bits per heavy atom. The van der Waals surface area contributed by atoms with E-state index in [0.29, 0.717) is 11.8 Å². The third-order valence-electron chi connectivity index (χ3n) is 5.77. The smallest absolute Gasteiger partial charge is 0.0860 e. The summed E-state index contributed by atoms with van der Waals surface area (Å²) >= 11 is 0. The first-order valence-corrected chi connectivity index (χ1v) is 8.17. The maximum atomic E-state index is 11.3. The van der Waals surface area contributed by atoms with Crippen LogP contribution in [0.5, 0.6) is 0 Å². The summed E-state index contributed by atoms with van der Waals surface area (Å²) in [6.07, 6.45) is 10.5. The predicted octanol–water partition coefficient (Wildman–Crippen LogP) is 4.43. The summed E-state index contributed by atoms with van der Waals surface area (Å²) in [4.78, 5) is 0. The van der Waals surface area contributed by atoms with Crippen LogP contribution in [-0.2, 0) is 0 Å². The first-order chi connectivity index (χ1) is 9.03. The summed E-state index contributed by atoms with van der Waals surface area (Å²) in [5, 5.41) is 21.1. The molecule has 2 atom stereocenters. The summed E-state index contributed by atoms with van der Waals surface area (Å²) in [7, 11) is 0. The molecule has 0 aromatic heterocycles. The normalized spacial score (nSPS) is 35.6. The molecule has 0 saturated heterocycles. The van der Waals surface area contributed by atoms with Crippen molar-refractivity contribution in [3.05, 3.63) is 0 Å². The van der Waals surface area contributed by atoms with Crippen LogP contribution in [0.15, 0.2) is 0 Å². The molecule has 2 rings (SSSR count). The van der Waals surface area contributed by atoms with E-state index < -0.39 is 11.0 Å². The van der Waals surface area contributed by atoms with E-state index in [2.05, 4.69) is 19.9 Å². The molecule has 2 aliphatic carbocycles. The zero-order valence-corrected chi connectivity index (χ0v) is 12.6. The van der Waals surface area contributed by atoms with Gasteiger partial charge in [-0.25, -0.2) is 0 Å². The van der Waals surface area contributed by atoms with Gasteiger partial charge in [0.25, 0.3) is 0 Å². The van der Waals surface area contributed by atoms with Crippen molar-refractivity contribution in [1.29, 1.82) is 5.26 Å². The van der Waals surface area contributed by atoms with E-state index in [4.69, 9.17) is 0 Å². The number of aliphatic hydroxyl groups is 1. The number of hydrogen-bond donors (Lipinski definition) is 1. The zero-order valence-electron chi connectivity index (χ0n) is 12.6. The van der Waals surface area contributed by atoms with Crippen molar-refractivity contribution in [3.8, 4) is 6.07 Å². The molecule has 0 heterocycles. The fourth-order valence-corrected chi connectivity index (χ4v) is 4.31. The van der Waals surface area contributed by atoms with Gasteiger partial charge >= 0.3 is 0 Å². The van der Waals surface area contributed by atoms with Crippen LogP contribution < -0.4 is 0 Å². The van der Waals surface area contributed by atoms with Gasteiger partial charge in [-0.3, -0.25) is 0 Å². The molecule has 0 aromatic carbocycles. The summed E-state index contributed by atoms with van der Waals surface area (Å²) in [6, 6.07) is 2.58. The molecule has 2 saturated carbocycles. The van der Waals surface area contributed by atoms with Crippen molar-refractivity contribution < 1.29 is 5.11 Å². The molecule has 0 bridgehead atoms. The van der Waals surface area contributed by atoms with E-state index in [1.54, 1.807) is 0 Å². The molecule has 2 unspecified atom stereocenters. The number of nitriles is 1. The lowest BCUT2D eigenvalue weighted by molar-refractivity contribution is -0.107. The van der Waals surface area contributed by atoms with Crippen LogP contribution in [-0.4, -0.2) is 10.7 Å². The summed E-state index contributed by atoms with van der Waals surface area (Å²) < 4.78 is 0. The van der Waals surface area contributed by atoms with Gasteiger partial charge in [0, 0.05) is 0 Å². The molecule has 2 aliphatic rings. The van der Waals surface area contributed by atoms with Gasteiger partial charge < -0.3 is 5.11 Å². The average Bonchev–Trinajstić information content (AvgIpc) is 2.65. The minimum absolute atomic E-state index is 0.461. The minimum atomic E-state index is -0.723. The van der Waals surface area contributed by atoms with E-state index in [-0.39, 0.29) is 0 Å². The highest BCUT2D eigenvalue weighted by atomic mass is 16.3. The Morgan fingerprint density at radius 1 is 1.05 bits per heavy atom. The van der Waals surface area contributed by atoms with E-state index in [9.17, 15) is 10.4 Å². The van der Waals surface area contributed by atoms with Crippen molar-refractivity contribution in [3.63, 3.8) is 0 Å². The zero-order chi connectivity index (χ0) is 13.9. The Balaban J connectivity index is 2.22. The van der Waals surface area contributed by atoms with Crippen LogP contribution in [0.3, 0.4) is 0 Å². The predicted molar refractivity (Wildman–Crippen MR) is 77.5 cm³/mol. The number of rotatable bonds is 2. The van der Waals surface area contributed by atoms with Crippen molar-refractivity contribution >= 4 is 0 Å². The summed E-state index contributed by atoms with van der Waals surface area (Å²) in [5.74, 6) is 1.21. The highest BCUT2D eigenvalue weighted by Gasteiger charge is 2.52. The van der Waals surface area contributed by atoms with Gasteiger partial charge in [0.05, 0.1) is 17.1 Å². The maximum absolute atomic E-state index is 11.3. The lowest BCUT2D eigenvalue weighted by Crippen LogP contribution is -2.51. The second kappa shape index (κ2) is 5.83. The van der Waals surface area contributed by atoms with E-state index in [1.165, 1.54) is 19.3 Å². The molecule has 0 spiro atoms. The van der Waals surface area contributed by atoms with Crippen LogP contribution in [0.1, 0.15) is 78.1 Å².